The molecule has 5 heteroatoms. The van der Waals surface area contributed by atoms with Gasteiger partial charge in [-0.1, -0.05) is 6.92 Å². The van der Waals surface area contributed by atoms with Crippen LogP contribution in [0.15, 0.2) is 24.3 Å². The zero-order valence-electron chi connectivity index (χ0n) is 12.1. The molecule has 0 N–H and O–H groups in total. The number of nitrogens with zero attached hydrogens (tertiary/aromatic N) is 2. The van der Waals surface area contributed by atoms with E-state index < -0.39 is 0 Å². The van der Waals surface area contributed by atoms with Crippen LogP contribution in [0, 0.1) is 11.7 Å². The lowest BCUT2D eigenvalue weighted by atomic mass is 9.98. The third kappa shape index (κ3) is 2.70. The van der Waals surface area contributed by atoms with Gasteiger partial charge in [0.1, 0.15) is 5.82 Å². The molecule has 1 aromatic rings. The highest BCUT2D eigenvalue weighted by atomic mass is 19.1. The monoisotopic (exact) mass is 290 g/mol. The van der Waals surface area contributed by atoms with Crippen LogP contribution in [0.1, 0.15) is 26.2 Å². The molecule has 0 aliphatic carbocycles. The molecule has 0 unspecified atom stereocenters. The number of amides is 2. The van der Waals surface area contributed by atoms with Crippen LogP contribution in [0.5, 0.6) is 0 Å². The quantitative estimate of drug-likeness (QED) is 0.784. The Hall–Kier alpha value is -1.75. The molecule has 2 aliphatic rings. The van der Waals surface area contributed by atoms with Gasteiger partial charge in [-0.25, -0.2) is 9.29 Å². The highest BCUT2D eigenvalue weighted by Gasteiger charge is 2.43. The second-order valence-electron chi connectivity index (χ2n) is 6.01. The molecule has 0 bridgehead atoms. The highest BCUT2D eigenvalue weighted by Crippen LogP contribution is 2.28. The van der Waals surface area contributed by atoms with Gasteiger partial charge in [0.05, 0.1) is 18.2 Å². The van der Waals surface area contributed by atoms with E-state index in [4.69, 9.17) is 0 Å². The molecule has 112 valence electrons. The average Bonchev–Trinajstić information content (AvgIpc) is 2.75. The minimum Gasteiger partial charge on any atom is -0.291 e. The number of carbonyl (C=O) groups excluding carboxylic acids is 2. The molecule has 0 radical (unpaired) electrons. The zero-order chi connectivity index (χ0) is 15.0. The molecule has 2 heterocycles. The molecule has 0 aromatic heterocycles. The topological polar surface area (TPSA) is 40.6 Å². The summed E-state index contributed by atoms with van der Waals surface area (Å²) in [6, 6.07) is 5.14. The molecule has 2 amide bonds. The van der Waals surface area contributed by atoms with E-state index in [-0.39, 0.29) is 30.1 Å². The molecule has 2 fully saturated rings. The first-order valence-corrected chi connectivity index (χ1v) is 7.42. The maximum Gasteiger partial charge on any atom is 0.251 e. The Bertz CT molecular complexity index is 558. The number of benzene rings is 1. The van der Waals surface area contributed by atoms with Crippen molar-refractivity contribution in [2.75, 3.05) is 18.0 Å². The van der Waals surface area contributed by atoms with Crippen LogP contribution in [0.2, 0.25) is 0 Å². The average molecular weight is 290 g/mol. The maximum atomic E-state index is 13.0. The summed E-state index contributed by atoms with van der Waals surface area (Å²) < 4.78 is 13.0. The van der Waals surface area contributed by atoms with Crippen LogP contribution in [-0.2, 0) is 9.59 Å². The molecule has 0 saturated carbocycles. The van der Waals surface area contributed by atoms with Crippen LogP contribution in [0.25, 0.3) is 0 Å². The maximum absolute atomic E-state index is 13.0. The fourth-order valence-electron chi connectivity index (χ4n) is 3.27. The van der Waals surface area contributed by atoms with Gasteiger partial charge in [0, 0.05) is 6.54 Å². The second kappa shape index (κ2) is 5.56. The Balaban J connectivity index is 1.80. The number of rotatable bonds is 2. The number of carbonyl (C=O) groups is 2. The van der Waals surface area contributed by atoms with Gasteiger partial charge in [0.2, 0.25) is 5.91 Å². The zero-order valence-corrected chi connectivity index (χ0v) is 12.1. The van der Waals surface area contributed by atoms with E-state index >= 15 is 0 Å². The fourth-order valence-corrected chi connectivity index (χ4v) is 3.27. The SMILES string of the molecule is C[C@H]1CCCN([C@@H]2CC(=O)N(c3ccc(F)cc3)C2=O)C1. The fraction of sp³-hybridized carbons (Fsp3) is 0.500. The molecular formula is C16H19FN2O2. The summed E-state index contributed by atoms with van der Waals surface area (Å²) in [5.74, 6) is -0.198. The number of piperidine rings is 1. The van der Waals surface area contributed by atoms with Gasteiger partial charge in [0.25, 0.3) is 5.91 Å². The van der Waals surface area contributed by atoms with Crippen molar-refractivity contribution in [3.05, 3.63) is 30.1 Å². The molecule has 2 saturated heterocycles. The third-order valence-electron chi connectivity index (χ3n) is 4.34. The van der Waals surface area contributed by atoms with Crippen molar-refractivity contribution in [2.45, 2.75) is 32.2 Å². The molecule has 1 aromatic carbocycles. The first kappa shape index (κ1) is 14.2. The van der Waals surface area contributed by atoms with E-state index in [1.54, 1.807) is 0 Å². The van der Waals surface area contributed by atoms with Crippen molar-refractivity contribution < 1.29 is 14.0 Å². The summed E-state index contributed by atoms with van der Waals surface area (Å²) in [6.07, 6.45) is 2.46. The summed E-state index contributed by atoms with van der Waals surface area (Å²) in [5.41, 5.74) is 0.457. The minimum atomic E-state index is -0.376. The van der Waals surface area contributed by atoms with Crippen molar-refractivity contribution in [1.82, 2.24) is 4.90 Å². The molecule has 2 aliphatic heterocycles. The van der Waals surface area contributed by atoms with Crippen molar-refractivity contribution in [1.29, 1.82) is 0 Å². The Morgan fingerprint density at radius 2 is 1.90 bits per heavy atom. The predicted molar refractivity (Wildman–Crippen MR) is 77.3 cm³/mol. The van der Waals surface area contributed by atoms with Crippen molar-refractivity contribution in [3.63, 3.8) is 0 Å². The lowest BCUT2D eigenvalue weighted by Gasteiger charge is -2.34. The van der Waals surface area contributed by atoms with Gasteiger partial charge >= 0.3 is 0 Å². The Morgan fingerprint density at radius 3 is 2.57 bits per heavy atom. The van der Waals surface area contributed by atoms with Crippen LogP contribution in [0.3, 0.4) is 0 Å². The van der Waals surface area contributed by atoms with Gasteiger partial charge in [0.15, 0.2) is 0 Å². The van der Waals surface area contributed by atoms with Crippen LogP contribution in [-0.4, -0.2) is 35.8 Å². The van der Waals surface area contributed by atoms with E-state index in [0.29, 0.717) is 11.6 Å². The molecule has 21 heavy (non-hydrogen) atoms. The predicted octanol–water partition coefficient (Wildman–Crippen LogP) is 2.19. The number of hydrogen-bond acceptors (Lipinski definition) is 3. The van der Waals surface area contributed by atoms with Crippen LogP contribution >= 0.6 is 0 Å². The summed E-state index contributed by atoms with van der Waals surface area (Å²) in [6.45, 7) is 3.90. The van der Waals surface area contributed by atoms with Gasteiger partial charge in [-0.15, -0.1) is 0 Å². The summed E-state index contributed by atoms with van der Waals surface area (Å²) in [7, 11) is 0. The van der Waals surface area contributed by atoms with Crippen molar-refractivity contribution in [3.8, 4) is 0 Å². The second-order valence-corrected chi connectivity index (χ2v) is 6.01. The Labute approximate surface area is 123 Å². The number of hydrogen-bond donors (Lipinski definition) is 0. The van der Waals surface area contributed by atoms with E-state index in [1.807, 2.05) is 0 Å². The van der Waals surface area contributed by atoms with E-state index in [2.05, 4.69) is 11.8 Å². The Morgan fingerprint density at radius 1 is 1.19 bits per heavy atom. The lowest BCUT2D eigenvalue weighted by Crippen LogP contribution is -2.46. The molecule has 3 rings (SSSR count). The molecule has 0 spiro atoms. The Kier molecular flexibility index (Phi) is 3.76. The number of imide groups is 1. The van der Waals surface area contributed by atoms with E-state index in [1.165, 1.54) is 35.6 Å². The van der Waals surface area contributed by atoms with Gasteiger partial charge in [-0.05, 0) is 49.6 Å². The standard InChI is InChI=1S/C16H19FN2O2/c1-11-3-2-8-18(10-11)14-9-15(20)19(16(14)21)13-6-4-12(17)5-7-13/h4-7,11,14H,2-3,8-10H2,1H3/t11-,14+/m0/s1. The van der Waals surface area contributed by atoms with Crippen molar-refractivity contribution >= 4 is 17.5 Å². The number of anilines is 1. The smallest absolute Gasteiger partial charge is 0.251 e. The first-order valence-electron chi connectivity index (χ1n) is 7.42. The van der Waals surface area contributed by atoms with Gasteiger partial charge in [-0.3, -0.25) is 14.5 Å². The number of likely N-dealkylation sites (tertiary alicyclic amines) is 1. The van der Waals surface area contributed by atoms with Gasteiger partial charge < -0.3 is 0 Å². The van der Waals surface area contributed by atoms with Crippen molar-refractivity contribution in [2.24, 2.45) is 5.92 Å². The number of halogens is 1. The summed E-state index contributed by atoms with van der Waals surface area (Å²) >= 11 is 0. The molecule has 2 atom stereocenters. The van der Waals surface area contributed by atoms with Crippen LogP contribution in [0.4, 0.5) is 10.1 Å². The summed E-state index contributed by atoms with van der Waals surface area (Å²) in [5, 5.41) is 0. The van der Waals surface area contributed by atoms with Crippen LogP contribution < -0.4 is 4.90 Å². The largest absolute Gasteiger partial charge is 0.291 e. The van der Waals surface area contributed by atoms with Gasteiger partial charge in [-0.2, -0.15) is 0 Å². The third-order valence-corrected chi connectivity index (χ3v) is 4.34. The minimum absolute atomic E-state index is 0.180. The van der Waals surface area contributed by atoms with E-state index in [9.17, 15) is 14.0 Å². The first-order chi connectivity index (χ1) is 10.1. The summed E-state index contributed by atoms with van der Waals surface area (Å²) in [4.78, 5) is 28.1. The lowest BCUT2D eigenvalue weighted by molar-refractivity contribution is -0.123. The molecular weight excluding hydrogens is 271 g/mol. The normalized spacial score (nSPS) is 27.4. The molecule has 4 nitrogen and oxygen atoms in total. The highest BCUT2D eigenvalue weighted by molar-refractivity contribution is 6.22. The van der Waals surface area contributed by atoms with E-state index in [0.717, 1.165) is 19.5 Å².